The molecule has 0 aliphatic carbocycles. The van der Waals surface area contributed by atoms with E-state index in [9.17, 15) is 4.79 Å². The van der Waals surface area contributed by atoms with Gasteiger partial charge in [-0.2, -0.15) is 0 Å². The van der Waals surface area contributed by atoms with Crippen molar-refractivity contribution in [2.45, 2.75) is 33.1 Å². The number of hydrogen-bond acceptors (Lipinski definition) is 4. The number of amides is 1. The first-order valence-corrected chi connectivity index (χ1v) is 6.17. The van der Waals surface area contributed by atoms with Gasteiger partial charge < -0.3 is 10.5 Å². The van der Waals surface area contributed by atoms with Crippen LogP contribution in [0.4, 0.5) is 0 Å². The van der Waals surface area contributed by atoms with E-state index in [1.807, 2.05) is 32.1 Å². The van der Waals surface area contributed by atoms with Crippen LogP contribution in [0.5, 0.6) is 5.88 Å². The summed E-state index contributed by atoms with van der Waals surface area (Å²) in [7, 11) is 0. The van der Waals surface area contributed by atoms with E-state index in [0.717, 1.165) is 5.82 Å². The van der Waals surface area contributed by atoms with Crippen LogP contribution >= 0.6 is 0 Å². The van der Waals surface area contributed by atoms with Crippen LogP contribution in [0.15, 0.2) is 12.1 Å². The van der Waals surface area contributed by atoms with Crippen LogP contribution in [0.3, 0.4) is 0 Å². The molecule has 2 heterocycles. The minimum atomic E-state index is -0.510. The average molecular weight is 262 g/mol. The third kappa shape index (κ3) is 2.38. The van der Waals surface area contributed by atoms with Crippen molar-refractivity contribution in [1.82, 2.24) is 14.6 Å². The van der Waals surface area contributed by atoms with Crippen molar-refractivity contribution >= 4 is 11.6 Å². The molecule has 0 saturated heterocycles. The predicted molar refractivity (Wildman–Crippen MR) is 71.4 cm³/mol. The van der Waals surface area contributed by atoms with Gasteiger partial charge in [-0.1, -0.05) is 20.8 Å². The van der Waals surface area contributed by atoms with Crippen molar-refractivity contribution < 1.29 is 9.53 Å². The minimum Gasteiger partial charge on any atom is -0.479 e. The molecule has 0 fully saturated rings. The van der Waals surface area contributed by atoms with Gasteiger partial charge in [0.2, 0.25) is 11.8 Å². The highest BCUT2D eigenvalue weighted by molar-refractivity contribution is 5.94. The first kappa shape index (κ1) is 13.3. The topological polar surface area (TPSA) is 82.5 Å². The molecule has 102 valence electrons. The van der Waals surface area contributed by atoms with Crippen LogP contribution in [0.25, 0.3) is 5.65 Å². The fourth-order valence-corrected chi connectivity index (χ4v) is 1.87. The molecule has 0 spiro atoms. The summed E-state index contributed by atoms with van der Waals surface area (Å²) in [4.78, 5) is 11.3. The van der Waals surface area contributed by atoms with E-state index in [-0.39, 0.29) is 5.41 Å². The summed E-state index contributed by atoms with van der Waals surface area (Å²) in [5.74, 6) is 0.800. The molecule has 19 heavy (non-hydrogen) atoms. The highest BCUT2D eigenvalue weighted by atomic mass is 16.5. The van der Waals surface area contributed by atoms with Gasteiger partial charge in [0.15, 0.2) is 5.65 Å². The molecular weight excluding hydrogens is 244 g/mol. The number of pyridine rings is 1. The summed E-state index contributed by atoms with van der Waals surface area (Å²) in [6.07, 6.45) is 0. The normalized spacial score (nSPS) is 11.8. The second-order valence-electron chi connectivity index (χ2n) is 5.35. The molecule has 1 amide bonds. The summed E-state index contributed by atoms with van der Waals surface area (Å²) in [6.45, 7) is 8.49. The molecule has 0 bridgehead atoms. The molecule has 2 rings (SSSR count). The first-order chi connectivity index (χ1) is 8.84. The highest BCUT2D eigenvalue weighted by Crippen LogP contribution is 2.26. The molecule has 2 aromatic rings. The van der Waals surface area contributed by atoms with Gasteiger partial charge in [0, 0.05) is 17.0 Å². The van der Waals surface area contributed by atoms with Crippen molar-refractivity contribution in [3.05, 3.63) is 23.5 Å². The Morgan fingerprint density at radius 2 is 2.05 bits per heavy atom. The number of hydrogen-bond donors (Lipinski definition) is 1. The number of aromatic nitrogens is 3. The Bertz CT molecular complexity index is 625. The minimum absolute atomic E-state index is 0.181. The third-order valence-corrected chi connectivity index (χ3v) is 2.72. The maximum atomic E-state index is 11.3. The van der Waals surface area contributed by atoms with Gasteiger partial charge in [-0.05, 0) is 13.0 Å². The molecule has 6 heteroatoms. The lowest BCUT2D eigenvalue weighted by Gasteiger charge is -2.18. The van der Waals surface area contributed by atoms with Crippen molar-refractivity contribution in [1.29, 1.82) is 0 Å². The van der Waals surface area contributed by atoms with E-state index in [4.69, 9.17) is 10.5 Å². The number of nitrogens with zero attached hydrogens (tertiary/aromatic N) is 3. The van der Waals surface area contributed by atoms with E-state index < -0.39 is 5.91 Å². The third-order valence-electron chi connectivity index (χ3n) is 2.72. The van der Waals surface area contributed by atoms with Gasteiger partial charge in [-0.15, -0.1) is 10.2 Å². The van der Waals surface area contributed by atoms with Crippen LogP contribution in [-0.4, -0.2) is 27.1 Å². The fraction of sp³-hybridized carbons (Fsp3) is 0.462. The molecular formula is C13H18N4O2. The lowest BCUT2D eigenvalue weighted by atomic mass is 9.96. The maximum absolute atomic E-state index is 11.3. The molecule has 0 aliphatic rings. The molecule has 0 atom stereocenters. The standard InChI is InChI=1S/C13H18N4O2/c1-5-19-10-7-8(11(14)18)6-9-15-16-12(17(9)10)13(2,3)4/h6-7H,5H2,1-4H3,(H2,14,18). The molecule has 6 nitrogen and oxygen atoms in total. The zero-order valence-electron chi connectivity index (χ0n) is 11.6. The van der Waals surface area contributed by atoms with Crippen molar-refractivity contribution in [3.8, 4) is 5.88 Å². The summed E-state index contributed by atoms with van der Waals surface area (Å²) in [5, 5.41) is 8.29. The molecule has 0 aromatic carbocycles. The molecule has 0 unspecified atom stereocenters. The van der Waals surface area contributed by atoms with Crippen molar-refractivity contribution in [2.75, 3.05) is 6.61 Å². The van der Waals surface area contributed by atoms with Gasteiger partial charge in [0.1, 0.15) is 5.82 Å². The Labute approximate surface area is 111 Å². The lowest BCUT2D eigenvalue weighted by Crippen LogP contribution is -2.18. The Kier molecular flexibility index (Phi) is 3.18. The summed E-state index contributed by atoms with van der Waals surface area (Å²) in [6, 6.07) is 3.24. The summed E-state index contributed by atoms with van der Waals surface area (Å²) < 4.78 is 7.39. The van der Waals surface area contributed by atoms with Crippen LogP contribution < -0.4 is 10.5 Å². The Morgan fingerprint density at radius 1 is 1.37 bits per heavy atom. The Balaban J connectivity index is 2.75. The lowest BCUT2D eigenvalue weighted by molar-refractivity contribution is 0.0999. The summed E-state index contributed by atoms with van der Waals surface area (Å²) in [5.41, 5.74) is 6.05. The van der Waals surface area contributed by atoms with E-state index in [1.165, 1.54) is 0 Å². The van der Waals surface area contributed by atoms with Gasteiger partial charge in [-0.25, -0.2) is 4.40 Å². The van der Waals surface area contributed by atoms with Crippen LogP contribution in [0.2, 0.25) is 0 Å². The number of fused-ring (bicyclic) bond motifs is 1. The highest BCUT2D eigenvalue weighted by Gasteiger charge is 2.23. The number of carbonyl (C=O) groups excluding carboxylic acids is 1. The van der Waals surface area contributed by atoms with E-state index >= 15 is 0 Å². The van der Waals surface area contributed by atoms with Gasteiger partial charge in [-0.3, -0.25) is 4.79 Å². The second kappa shape index (κ2) is 4.53. The second-order valence-corrected chi connectivity index (χ2v) is 5.35. The van der Waals surface area contributed by atoms with E-state index in [1.54, 1.807) is 12.1 Å². The molecule has 0 aliphatic heterocycles. The largest absolute Gasteiger partial charge is 0.479 e. The first-order valence-electron chi connectivity index (χ1n) is 6.17. The Morgan fingerprint density at radius 3 is 2.58 bits per heavy atom. The zero-order valence-corrected chi connectivity index (χ0v) is 11.6. The number of rotatable bonds is 3. The molecule has 2 aromatic heterocycles. The number of primary amides is 1. The van der Waals surface area contributed by atoms with E-state index in [2.05, 4.69) is 10.2 Å². The molecule has 0 saturated carbocycles. The Hall–Kier alpha value is -2.11. The van der Waals surface area contributed by atoms with Gasteiger partial charge in [0.25, 0.3) is 0 Å². The SMILES string of the molecule is CCOc1cc(C(N)=O)cc2nnc(C(C)(C)C)n12. The van der Waals surface area contributed by atoms with Crippen molar-refractivity contribution in [3.63, 3.8) is 0 Å². The smallest absolute Gasteiger partial charge is 0.249 e. The average Bonchev–Trinajstić information content (AvgIpc) is 2.72. The van der Waals surface area contributed by atoms with Crippen molar-refractivity contribution in [2.24, 2.45) is 5.73 Å². The van der Waals surface area contributed by atoms with Crippen LogP contribution in [-0.2, 0) is 5.41 Å². The molecule has 2 N–H and O–H groups in total. The fourth-order valence-electron chi connectivity index (χ4n) is 1.87. The van der Waals surface area contributed by atoms with Gasteiger partial charge in [0.05, 0.1) is 6.61 Å². The number of nitrogens with two attached hydrogens (primary N) is 1. The molecule has 0 radical (unpaired) electrons. The van der Waals surface area contributed by atoms with Gasteiger partial charge >= 0.3 is 0 Å². The zero-order chi connectivity index (χ0) is 14.2. The number of carbonyl (C=O) groups is 1. The van der Waals surface area contributed by atoms with Crippen LogP contribution in [0.1, 0.15) is 43.9 Å². The monoisotopic (exact) mass is 262 g/mol. The summed E-state index contributed by atoms with van der Waals surface area (Å²) >= 11 is 0. The van der Waals surface area contributed by atoms with Crippen LogP contribution in [0, 0.1) is 0 Å². The number of ether oxygens (including phenoxy) is 1. The predicted octanol–water partition coefficient (Wildman–Crippen LogP) is 1.52. The quantitative estimate of drug-likeness (QED) is 0.909. The van der Waals surface area contributed by atoms with E-state index in [0.29, 0.717) is 23.7 Å². The maximum Gasteiger partial charge on any atom is 0.249 e.